The lowest BCUT2D eigenvalue weighted by atomic mass is 9.57. The second-order valence-corrected chi connectivity index (χ2v) is 10.2. The highest BCUT2D eigenvalue weighted by molar-refractivity contribution is 6.24. The number of carbonyl (C=O) groups excluding carboxylic acids is 3. The van der Waals surface area contributed by atoms with Gasteiger partial charge in [-0.15, -0.1) is 0 Å². The number of methoxy groups -OCH3 is 1. The quantitative estimate of drug-likeness (QED) is 0.334. The molecule has 0 heterocycles. The van der Waals surface area contributed by atoms with E-state index in [-0.39, 0.29) is 29.7 Å². The van der Waals surface area contributed by atoms with E-state index in [1.54, 1.807) is 14.1 Å². The Kier molecular flexibility index (Phi) is 6.60. The van der Waals surface area contributed by atoms with Gasteiger partial charge in [-0.1, -0.05) is 6.92 Å². The Morgan fingerprint density at radius 1 is 1.22 bits per heavy atom. The second-order valence-electron chi connectivity index (χ2n) is 10.2. The first-order valence-electron chi connectivity index (χ1n) is 12.1. The summed E-state index contributed by atoms with van der Waals surface area (Å²) in [5.41, 5.74) is 2.87. The Morgan fingerprint density at radius 3 is 2.41 bits per heavy atom. The number of hydrogen-bond donors (Lipinski definition) is 5. The smallest absolute Gasteiger partial charge is 0.255 e. The SMILES string of the molecule is CCN(C)Cc1cc(O)c2c(c1OC)C[C@H]1C[C@H]3[C@H](N(C)C)C(=O)C(C(N)=O)=C(O)[C@@]3(O)C(=O)C1=C2O. The second kappa shape index (κ2) is 9.16. The van der Waals surface area contributed by atoms with Crippen LogP contribution in [0.2, 0.25) is 0 Å². The Balaban J connectivity index is 1.95. The number of Topliss-reactive ketones (excluding diaryl/α,β-unsaturated/α-hetero) is 2. The zero-order chi connectivity index (χ0) is 27.6. The molecule has 0 bridgehead atoms. The molecule has 0 aromatic heterocycles. The van der Waals surface area contributed by atoms with Gasteiger partial charge in [0.1, 0.15) is 28.6 Å². The van der Waals surface area contributed by atoms with Gasteiger partial charge in [-0.25, -0.2) is 0 Å². The number of likely N-dealkylation sites (N-methyl/N-ethyl adjacent to an activating group) is 1. The van der Waals surface area contributed by atoms with Crippen molar-refractivity contribution in [1.29, 1.82) is 0 Å². The van der Waals surface area contributed by atoms with Crippen LogP contribution in [-0.2, 0) is 27.3 Å². The first kappa shape index (κ1) is 26.6. The third-order valence-electron chi connectivity index (χ3n) is 7.93. The number of rotatable bonds is 6. The van der Waals surface area contributed by atoms with Crippen molar-refractivity contribution >= 4 is 23.2 Å². The van der Waals surface area contributed by atoms with Crippen LogP contribution in [0, 0.1) is 11.8 Å². The fourth-order valence-corrected chi connectivity index (χ4v) is 6.13. The van der Waals surface area contributed by atoms with E-state index in [0.717, 1.165) is 6.54 Å². The molecule has 4 rings (SSSR count). The molecule has 11 heteroatoms. The molecule has 200 valence electrons. The van der Waals surface area contributed by atoms with E-state index in [1.807, 2.05) is 18.9 Å². The zero-order valence-electron chi connectivity index (χ0n) is 21.5. The zero-order valence-corrected chi connectivity index (χ0v) is 21.5. The van der Waals surface area contributed by atoms with Gasteiger partial charge in [0.25, 0.3) is 5.91 Å². The van der Waals surface area contributed by atoms with Gasteiger partial charge in [0.15, 0.2) is 11.4 Å². The molecule has 4 atom stereocenters. The predicted molar refractivity (Wildman–Crippen MR) is 133 cm³/mol. The Bertz CT molecular complexity index is 1270. The number of phenolic OH excluding ortho intramolecular Hbond substituents is 1. The average molecular weight is 516 g/mol. The third kappa shape index (κ3) is 3.72. The maximum atomic E-state index is 13.8. The molecule has 1 amide bonds. The van der Waals surface area contributed by atoms with Crippen molar-refractivity contribution in [1.82, 2.24) is 9.80 Å². The van der Waals surface area contributed by atoms with E-state index >= 15 is 0 Å². The number of phenols is 1. The van der Waals surface area contributed by atoms with E-state index < -0.39 is 58.0 Å². The minimum atomic E-state index is -2.66. The van der Waals surface area contributed by atoms with Gasteiger partial charge >= 0.3 is 0 Å². The summed E-state index contributed by atoms with van der Waals surface area (Å²) in [7, 11) is 6.52. The van der Waals surface area contributed by atoms with Crippen LogP contribution >= 0.6 is 0 Å². The van der Waals surface area contributed by atoms with E-state index in [2.05, 4.69) is 0 Å². The lowest BCUT2D eigenvalue weighted by Gasteiger charge is -2.50. The van der Waals surface area contributed by atoms with Crippen molar-refractivity contribution in [2.45, 2.75) is 38.0 Å². The van der Waals surface area contributed by atoms with Gasteiger partial charge < -0.3 is 35.8 Å². The minimum absolute atomic E-state index is 0.0102. The molecule has 3 aliphatic carbocycles. The number of nitrogens with two attached hydrogens (primary N) is 1. The number of carbonyl (C=O) groups is 3. The van der Waals surface area contributed by atoms with Gasteiger partial charge in [0, 0.05) is 29.2 Å². The number of hydrogen-bond acceptors (Lipinski definition) is 10. The molecule has 0 radical (unpaired) electrons. The van der Waals surface area contributed by atoms with Crippen LogP contribution in [0.5, 0.6) is 11.5 Å². The monoisotopic (exact) mass is 515 g/mol. The van der Waals surface area contributed by atoms with Crippen LogP contribution < -0.4 is 10.5 Å². The summed E-state index contributed by atoms with van der Waals surface area (Å²) in [5.74, 6) is -6.32. The molecule has 0 saturated heterocycles. The molecule has 0 unspecified atom stereocenters. The normalized spacial score (nSPS) is 27.4. The third-order valence-corrected chi connectivity index (χ3v) is 7.93. The fraction of sp³-hybridized carbons (Fsp3) is 0.500. The molecule has 3 aliphatic rings. The molecule has 1 aromatic rings. The van der Waals surface area contributed by atoms with Gasteiger partial charge in [-0.2, -0.15) is 0 Å². The van der Waals surface area contributed by atoms with Crippen LogP contribution in [0.1, 0.15) is 30.0 Å². The van der Waals surface area contributed by atoms with Crippen molar-refractivity contribution in [3.8, 4) is 11.5 Å². The molecular formula is C26H33N3O8. The molecule has 1 aromatic carbocycles. The number of amides is 1. The van der Waals surface area contributed by atoms with Gasteiger partial charge in [0.05, 0.1) is 18.7 Å². The average Bonchev–Trinajstić information content (AvgIpc) is 2.80. The largest absolute Gasteiger partial charge is 0.508 e. The fourth-order valence-electron chi connectivity index (χ4n) is 6.13. The summed E-state index contributed by atoms with van der Waals surface area (Å²) in [6.45, 7) is 3.20. The highest BCUT2D eigenvalue weighted by atomic mass is 16.5. The molecule has 1 fully saturated rings. The number of ketones is 2. The van der Waals surface area contributed by atoms with Crippen LogP contribution in [0.4, 0.5) is 0 Å². The maximum absolute atomic E-state index is 13.8. The number of primary amides is 1. The van der Waals surface area contributed by atoms with Crippen molar-refractivity contribution in [3.05, 3.63) is 39.7 Å². The van der Waals surface area contributed by atoms with Crippen LogP contribution in [0.25, 0.3) is 5.76 Å². The maximum Gasteiger partial charge on any atom is 0.255 e. The molecule has 0 aliphatic heterocycles. The van der Waals surface area contributed by atoms with Crippen molar-refractivity contribution < 1.29 is 39.5 Å². The number of aromatic hydroxyl groups is 1. The Hall–Kier alpha value is -3.41. The van der Waals surface area contributed by atoms with Gasteiger partial charge in [-0.3, -0.25) is 19.3 Å². The van der Waals surface area contributed by atoms with Gasteiger partial charge in [0.2, 0.25) is 5.78 Å². The summed E-state index contributed by atoms with van der Waals surface area (Å²) in [6.07, 6.45) is 0.198. The Labute approximate surface area is 214 Å². The molecular weight excluding hydrogens is 482 g/mol. The van der Waals surface area contributed by atoms with Crippen LogP contribution in [0.3, 0.4) is 0 Å². The van der Waals surface area contributed by atoms with Crippen molar-refractivity contribution in [3.63, 3.8) is 0 Å². The molecule has 6 N–H and O–H groups in total. The molecule has 1 saturated carbocycles. The molecule has 0 spiro atoms. The first-order chi connectivity index (χ1) is 17.3. The van der Waals surface area contributed by atoms with Crippen LogP contribution in [-0.4, -0.2) is 94.1 Å². The number of fused-ring (bicyclic) bond motifs is 3. The number of ether oxygens (including phenoxy) is 1. The Morgan fingerprint density at radius 2 is 1.86 bits per heavy atom. The topological polar surface area (TPSA) is 174 Å². The number of benzene rings is 1. The van der Waals surface area contributed by atoms with E-state index in [9.17, 15) is 34.8 Å². The highest BCUT2D eigenvalue weighted by Gasteiger charge is 2.64. The first-order valence-corrected chi connectivity index (χ1v) is 12.1. The highest BCUT2D eigenvalue weighted by Crippen LogP contribution is 2.54. The lowest BCUT2D eigenvalue weighted by Crippen LogP contribution is -2.65. The minimum Gasteiger partial charge on any atom is -0.508 e. The number of nitrogens with zero attached hydrogens (tertiary/aromatic N) is 2. The number of aliphatic hydroxyl groups excluding tert-OH is 2. The molecule has 37 heavy (non-hydrogen) atoms. The summed E-state index contributed by atoms with van der Waals surface area (Å²) < 4.78 is 5.69. The van der Waals surface area contributed by atoms with E-state index in [1.165, 1.54) is 18.1 Å². The predicted octanol–water partition coefficient (Wildman–Crippen LogP) is 0.424. The van der Waals surface area contributed by atoms with Gasteiger partial charge in [-0.05, 0) is 52.5 Å². The lowest BCUT2D eigenvalue weighted by molar-refractivity contribution is -0.153. The van der Waals surface area contributed by atoms with Crippen LogP contribution in [0.15, 0.2) is 23.0 Å². The standard InChI is InChI=1S/C26H33N3O8/c1-6-29(4)10-12-9-15(30)17-13(22(12)37-5)7-11-8-14-19(28(2)3)21(32)18(25(27)35)24(34)26(14,36)23(33)16(11)20(17)31/h9,11,14,19,30-31,34,36H,6-8,10H2,1-5H3,(H2,27,35)/t11-,14-,19-,26-/m0/s1. The van der Waals surface area contributed by atoms with E-state index in [0.29, 0.717) is 23.4 Å². The number of aliphatic hydroxyl groups is 3. The van der Waals surface area contributed by atoms with Crippen molar-refractivity contribution in [2.24, 2.45) is 17.6 Å². The summed E-state index contributed by atoms with van der Waals surface area (Å²) >= 11 is 0. The summed E-state index contributed by atoms with van der Waals surface area (Å²) in [5, 5.41) is 44.7. The summed E-state index contributed by atoms with van der Waals surface area (Å²) in [6, 6.07) is 0.340. The van der Waals surface area contributed by atoms with Crippen molar-refractivity contribution in [2.75, 3.05) is 34.8 Å². The molecule has 11 nitrogen and oxygen atoms in total. The van der Waals surface area contributed by atoms with E-state index in [4.69, 9.17) is 10.5 Å². The summed E-state index contributed by atoms with van der Waals surface area (Å²) in [4.78, 5) is 42.5.